The molecule has 1 atom stereocenters. The lowest BCUT2D eigenvalue weighted by Gasteiger charge is -2.30. The summed E-state index contributed by atoms with van der Waals surface area (Å²) < 4.78 is 5.13. The van der Waals surface area contributed by atoms with Crippen molar-refractivity contribution in [1.29, 1.82) is 0 Å². The van der Waals surface area contributed by atoms with Gasteiger partial charge in [-0.15, -0.1) is 11.3 Å². The number of ether oxygens (including phenoxy) is 1. The van der Waals surface area contributed by atoms with Crippen molar-refractivity contribution in [1.82, 2.24) is 0 Å². The lowest BCUT2D eigenvalue weighted by Crippen LogP contribution is -2.47. The highest BCUT2D eigenvalue weighted by atomic mass is 32.1. The van der Waals surface area contributed by atoms with Gasteiger partial charge in [0.25, 0.3) is 5.91 Å². The number of morpholine rings is 1. The van der Waals surface area contributed by atoms with Crippen molar-refractivity contribution in [2.45, 2.75) is 6.10 Å². The maximum atomic E-state index is 11.5. The number of hydrogen-bond acceptors (Lipinski definition) is 4. The Morgan fingerprint density at radius 2 is 2.57 bits per heavy atom. The van der Waals surface area contributed by atoms with Gasteiger partial charge in [-0.2, -0.15) is 0 Å². The predicted molar refractivity (Wildman–Crippen MR) is 53.5 cm³/mol. The molecule has 1 N–H and O–H groups in total. The zero-order valence-electron chi connectivity index (χ0n) is 7.55. The molecule has 1 aliphatic heterocycles. The van der Waals surface area contributed by atoms with Crippen molar-refractivity contribution in [3.63, 3.8) is 0 Å². The van der Waals surface area contributed by atoms with Gasteiger partial charge in [-0.3, -0.25) is 9.69 Å². The lowest BCUT2D eigenvalue weighted by molar-refractivity contribution is -0.130. The molecule has 2 heterocycles. The highest BCUT2D eigenvalue weighted by Crippen LogP contribution is 2.23. The quantitative estimate of drug-likeness (QED) is 0.777. The van der Waals surface area contributed by atoms with Crippen LogP contribution in [0.15, 0.2) is 17.5 Å². The number of hydrogen-bond donors (Lipinski definition) is 1. The Balaban J connectivity index is 2.13. The first-order valence-electron chi connectivity index (χ1n) is 4.37. The van der Waals surface area contributed by atoms with Crippen LogP contribution in [0.3, 0.4) is 0 Å². The number of amides is 1. The third kappa shape index (κ3) is 1.79. The van der Waals surface area contributed by atoms with Gasteiger partial charge in [0, 0.05) is 0 Å². The van der Waals surface area contributed by atoms with Crippen molar-refractivity contribution in [2.75, 3.05) is 24.7 Å². The number of carbonyl (C=O) groups excluding carboxylic acids is 1. The van der Waals surface area contributed by atoms with E-state index in [-0.39, 0.29) is 25.2 Å². The summed E-state index contributed by atoms with van der Waals surface area (Å²) in [5.41, 5.74) is 0. The summed E-state index contributed by atoms with van der Waals surface area (Å²) in [5.74, 6) is -0.0443. The summed E-state index contributed by atoms with van der Waals surface area (Å²) in [4.78, 5) is 13.1. The molecule has 0 aliphatic carbocycles. The third-order valence-corrected chi connectivity index (χ3v) is 3.00. The Bertz CT molecular complexity index is 312. The van der Waals surface area contributed by atoms with E-state index < -0.39 is 0 Å². The second-order valence-electron chi connectivity index (χ2n) is 3.07. The van der Waals surface area contributed by atoms with Crippen LogP contribution in [0.5, 0.6) is 0 Å². The Kier molecular flexibility index (Phi) is 2.81. The van der Waals surface area contributed by atoms with E-state index in [0.717, 1.165) is 5.00 Å². The number of thiophene rings is 1. The second-order valence-corrected chi connectivity index (χ2v) is 4.00. The molecule has 1 aromatic heterocycles. The molecule has 0 spiro atoms. The van der Waals surface area contributed by atoms with Crippen molar-refractivity contribution in [3.05, 3.63) is 17.5 Å². The molecular weight excluding hydrogens is 202 g/mol. The van der Waals surface area contributed by atoms with Crippen molar-refractivity contribution < 1.29 is 14.6 Å². The molecule has 1 saturated heterocycles. The minimum absolute atomic E-state index is 0.0443. The average molecular weight is 213 g/mol. The van der Waals surface area contributed by atoms with Gasteiger partial charge in [0.15, 0.2) is 0 Å². The highest BCUT2D eigenvalue weighted by Gasteiger charge is 2.27. The minimum Gasteiger partial charge on any atom is -0.394 e. The SMILES string of the molecule is O=C1COC(CO)CN1c1cccs1. The van der Waals surface area contributed by atoms with Crippen LogP contribution in [-0.2, 0) is 9.53 Å². The molecule has 1 aromatic rings. The first kappa shape index (κ1) is 9.64. The minimum atomic E-state index is -0.255. The Morgan fingerprint density at radius 3 is 3.21 bits per heavy atom. The Hall–Kier alpha value is -0.910. The largest absolute Gasteiger partial charge is 0.394 e. The number of nitrogens with zero attached hydrogens (tertiary/aromatic N) is 1. The summed E-state index contributed by atoms with van der Waals surface area (Å²) in [6.07, 6.45) is -0.255. The zero-order valence-corrected chi connectivity index (χ0v) is 8.37. The van der Waals surface area contributed by atoms with E-state index in [1.807, 2.05) is 17.5 Å². The van der Waals surface area contributed by atoms with Crippen LogP contribution < -0.4 is 4.90 Å². The lowest BCUT2D eigenvalue weighted by atomic mass is 10.3. The van der Waals surface area contributed by atoms with Gasteiger partial charge < -0.3 is 9.84 Å². The number of rotatable bonds is 2. The molecule has 0 bridgehead atoms. The average Bonchev–Trinajstić information content (AvgIpc) is 2.71. The van der Waals surface area contributed by atoms with E-state index in [4.69, 9.17) is 9.84 Å². The molecule has 4 nitrogen and oxygen atoms in total. The van der Waals surface area contributed by atoms with E-state index in [9.17, 15) is 4.79 Å². The van der Waals surface area contributed by atoms with Crippen molar-refractivity contribution >= 4 is 22.2 Å². The third-order valence-electron chi connectivity index (χ3n) is 2.11. The maximum absolute atomic E-state index is 11.5. The van der Waals surface area contributed by atoms with E-state index in [0.29, 0.717) is 6.54 Å². The molecule has 0 saturated carbocycles. The predicted octanol–water partition coefficient (Wildman–Crippen LogP) is 0.472. The topological polar surface area (TPSA) is 49.8 Å². The van der Waals surface area contributed by atoms with Crippen LogP contribution in [0.1, 0.15) is 0 Å². The molecule has 0 radical (unpaired) electrons. The van der Waals surface area contributed by atoms with Crippen LogP contribution in [0.25, 0.3) is 0 Å². The summed E-state index contributed by atoms with van der Waals surface area (Å²) >= 11 is 1.51. The van der Waals surface area contributed by atoms with Crippen LogP contribution in [0.4, 0.5) is 5.00 Å². The number of aliphatic hydroxyl groups is 1. The van der Waals surface area contributed by atoms with E-state index >= 15 is 0 Å². The zero-order chi connectivity index (χ0) is 9.97. The van der Waals surface area contributed by atoms with E-state index in [1.165, 1.54) is 11.3 Å². The molecule has 1 fully saturated rings. The monoisotopic (exact) mass is 213 g/mol. The van der Waals surface area contributed by atoms with Crippen molar-refractivity contribution in [3.8, 4) is 0 Å². The van der Waals surface area contributed by atoms with Gasteiger partial charge >= 0.3 is 0 Å². The van der Waals surface area contributed by atoms with Crippen LogP contribution >= 0.6 is 11.3 Å². The second kappa shape index (κ2) is 4.08. The molecular formula is C9H11NO3S. The molecule has 1 amide bonds. The summed E-state index contributed by atoms with van der Waals surface area (Å²) in [7, 11) is 0. The Labute approximate surface area is 85.7 Å². The fraction of sp³-hybridized carbons (Fsp3) is 0.444. The van der Waals surface area contributed by atoms with Crippen LogP contribution in [-0.4, -0.2) is 36.9 Å². The summed E-state index contributed by atoms with van der Waals surface area (Å²) in [6.45, 7) is 0.453. The van der Waals surface area contributed by atoms with Gasteiger partial charge in [0.2, 0.25) is 0 Å². The summed E-state index contributed by atoms with van der Waals surface area (Å²) in [6, 6.07) is 3.79. The number of aliphatic hydroxyl groups excluding tert-OH is 1. The maximum Gasteiger partial charge on any atom is 0.253 e. The van der Waals surface area contributed by atoms with Gasteiger partial charge in [-0.1, -0.05) is 0 Å². The van der Waals surface area contributed by atoms with Gasteiger partial charge in [-0.25, -0.2) is 0 Å². The standard InChI is InChI=1S/C9H11NO3S/c11-5-7-4-10(8(12)6-13-7)9-2-1-3-14-9/h1-3,7,11H,4-6H2. The molecule has 14 heavy (non-hydrogen) atoms. The molecule has 1 aliphatic rings. The molecule has 76 valence electrons. The fourth-order valence-electron chi connectivity index (χ4n) is 1.37. The molecule has 1 unspecified atom stereocenters. The first-order chi connectivity index (χ1) is 6.81. The van der Waals surface area contributed by atoms with Gasteiger partial charge in [0.05, 0.1) is 24.3 Å². The molecule has 2 rings (SSSR count). The van der Waals surface area contributed by atoms with Gasteiger partial charge in [0.1, 0.15) is 6.61 Å². The number of anilines is 1. The Morgan fingerprint density at radius 1 is 1.71 bits per heavy atom. The molecule has 5 heteroatoms. The van der Waals surface area contributed by atoms with Crippen LogP contribution in [0, 0.1) is 0 Å². The first-order valence-corrected chi connectivity index (χ1v) is 5.25. The van der Waals surface area contributed by atoms with E-state index in [2.05, 4.69) is 0 Å². The highest BCUT2D eigenvalue weighted by molar-refractivity contribution is 7.14. The van der Waals surface area contributed by atoms with Crippen LogP contribution in [0.2, 0.25) is 0 Å². The van der Waals surface area contributed by atoms with Gasteiger partial charge in [-0.05, 0) is 17.5 Å². The normalized spacial score (nSPS) is 22.8. The summed E-state index contributed by atoms with van der Waals surface area (Å²) in [5, 5.41) is 11.8. The molecule has 0 aromatic carbocycles. The van der Waals surface area contributed by atoms with E-state index in [1.54, 1.807) is 4.90 Å². The van der Waals surface area contributed by atoms with Crippen molar-refractivity contribution in [2.24, 2.45) is 0 Å². The smallest absolute Gasteiger partial charge is 0.253 e. The number of carbonyl (C=O) groups is 1. The fourth-order valence-corrected chi connectivity index (χ4v) is 2.13.